The lowest BCUT2D eigenvalue weighted by Gasteiger charge is -2.10. The van der Waals surface area contributed by atoms with Crippen LogP contribution in [0.2, 0.25) is 5.02 Å². The number of amides is 1. The molecule has 0 fully saturated rings. The Hall–Kier alpha value is -3.12. The van der Waals surface area contributed by atoms with Gasteiger partial charge in [-0.3, -0.25) is 4.79 Å². The number of aromatic nitrogens is 2. The number of fused-ring (bicyclic) bond motifs is 1. The van der Waals surface area contributed by atoms with E-state index in [4.69, 9.17) is 20.5 Å². The lowest BCUT2D eigenvalue weighted by Crippen LogP contribution is -2.26. The SMILES string of the molecule is C[C@@H](NC(=O)CCc1nc(-c2ccc(Cl)cc2)no1)c1cc2ccccc2o1. The van der Waals surface area contributed by atoms with E-state index in [0.717, 1.165) is 22.3 Å². The molecule has 4 rings (SSSR count). The maximum atomic E-state index is 12.3. The normalized spacial score (nSPS) is 12.2. The topological polar surface area (TPSA) is 81.2 Å². The molecule has 0 aliphatic carbocycles. The third-order valence-corrected chi connectivity index (χ3v) is 4.64. The molecule has 0 radical (unpaired) electrons. The molecule has 28 heavy (non-hydrogen) atoms. The second-order valence-corrected chi connectivity index (χ2v) is 6.93. The van der Waals surface area contributed by atoms with E-state index in [1.165, 1.54) is 0 Å². The summed E-state index contributed by atoms with van der Waals surface area (Å²) in [5, 5.41) is 8.54. The van der Waals surface area contributed by atoms with Gasteiger partial charge in [0.15, 0.2) is 0 Å². The highest BCUT2D eigenvalue weighted by atomic mass is 35.5. The molecule has 0 spiro atoms. The summed E-state index contributed by atoms with van der Waals surface area (Å²) in [6, 6.07) is 16.6. The highest BCUT2D eigenvalue weighted by molar-refractivity contribution is 6.30. The van der Waals surface area contributed by atoms with Gasteiger partial charge in [-0.15, -0.1) is 0 Å². The zero-order valence-corrected chi connectivity index (χ0v) is 15.9. The van der Waals surface area contributed by atoms with Crippen molar-refractivity contribution < 1.29 is 13.7 Å². The maximum absolute atomic E-state index is 12.3. The second-order valence-electron chi connectivity index (χ2n) is 6.49. The monoisotopic (exact) mass is 395 g/mol. The van der Waals surface area contributed by atoms with Gasteiger partial charge < -0.3 is 14.3 Å². The van der Waals surface area contributed by atoms with Gasteiger partial charge in [0.05, 0.1) is 6.04 Å². The van der Waals surface area contributed by atoms with E-state index < -0.39 is 0 Å². The first kappa shape index (κ1) is 18.3. The van der Waals surface area contributed by atoms with Gasteiger partial charge in [0.25, 0.3) is 0 Å². The molecule has 0 saturated carbocycles. The summed E-state index contributed by atoms with van der Waals surface area (Å²) in [4.78, 5) is 16.6. The number of nitrogens with zero attached hydrogens (tertiary/aromatic N) is 2. The molecule has 142 valence electrons. The highest BCUT2D eigenvalue weighted by Gasteiger charge is 2.16. The number of rotatable bonds is 6. The van der Waals surface area contributed by atoms with E-state index in [0.29, 0.717) is 23.2 Å². The molecule has 7 heteroatoms. The van der Waals surface area contributed by atoms with Crippen molar-refractivity contribution in [1.29, 1.82) is 0 Å². The Labute approximate surface area is 166 Å². The van der Waals surface area contributed by atoms with Crippen LogP contribution in [0.3, 0.4) is 0 Å². The molecule has 0 unspecified atom stereocenters. The van der Waals surface area contributed by atoms with E-state index in [1.54, 1.807) is 12.1 Å². The van der Waals surface area contributed by atoms with Crippen molar-refractivity contribution in [3.63, 3.8) is 0 Å². The number of hydrogen-bond donors (Lipinski definition) is 1. The van der Waals surface area contributed by atoms with Crippen LogP contribution >= 0.6 is 11.6 Å². The van der Waals surface area contributed by atoms with Crippen molar-refractivity contribution in [1.82, 2.24) is 15.5 Å². The van der Waals surface area contributed by atoms with Gasteiger partial charge in [0, 0.05) is 28.8 Å². The second kappa shape index (κ2) is 7.86. The molecule has 1 amide bonds. The molecule has 2 aromatic carbocycles. The Morgan fingerprint density at radius 2 is 1.96 bits per heavy atom. The molecule has 1 N–H and O–H groups in total. The Morgan fingerprint density at radius 3 is 2.75 bits per heavy atom. The Balaban J connectivity index is 1.33. The maximum Gasteiger partial charge on any atom is 0.227 e. The van der Waals surface area contributed by atoms with Crippen molar-refractivity contribution in [3.8, 4) is 11.4 Å². The number of carbonyl (C=O) groups is 1. The third-order valence-electron chi connectivity index (χ3n) is 4.39. The summed E-state index contributed by atoms with van der Waals surface area (Å²) < 4.78 is 11.0. The number of halogens is 1. The van der Waals surface area contributed by atoms with Crippen LogP contribution in [-0.4, -0.2) is 16.0 Å². The minimum Gasteiger partial charge on any atom is -0.459 e. The lowest BCUT2D eigenvalue weighted by molar-refractivity contribution is -0.121. The summed E-state index contributed by atoms with van der Waals surface area (Å²) in [5.41, 5.74) is 1.61. The first-order valence-corrected chi connectivity index (χ1v) is 9.32. The third kappa shape index (κ3) is 4.07. The van der Waals surface area contributed by atoms with Gasteiger partial charge in [-0.05, 0) is 43.3 Å². The molecule has 0 aliphatic heterocycles. The van der Waals surface area contributed by atoms with Gasteiger partial charge in [-0.2, -0.15) is 4.98 Å². The molecular formula is C21H18ClN3O3. The van der Waals surface area contributed by atoms with Crippen LogP contribution in [0.15, 0.2) is 63.5 Å². The molecule has 0 saturated heterocycles. The van der Waals surface area contributed by atoms with E-state index in [9.17, 15) is 4.79 Å². The number of para-hydroxylation sites is 1. The van der Waals surface area contributed by atoms with Crippen LogP contribution in [0.5, 0.6) is 0 Å². The smallest absolute Gasteiger partial charge is 0.227 e. The molecule has 0 bridgehead atoms. The molecule has 2 aromatic heterocycles. The van der Waals surface area contributed by atoms with Crippen LogP contribution in [0, 0.1) is 0 Å². The molecule has 4 aromatic rings. The standard InChI is InChI=1S/C21H18ClN3O3/c1-13(18-12-15-4-2-3-5-17(15)27-18)23-19(26)10-11-20-24-21(25-28-20)14-6-8-16(22)9-7-14/h2-9,12-13H,10-11H2,1H3,(H,23,26)/t13-/m1/s1. The summed E-state index contributed by atoms with van der Waals surface area (Å²) in [6.07, 6.45) is 0.603. The Kier molecular flexibility index (Phi) is 5.12. The summed E-state index contributed by atoms with van der Waals surface area (Å²) >= 11 is 5.88. The van der Waals surface area contributed by atoms with Gasteiger partial charge in [0.1, 0.15) is 11.3 Å². The number of furan rings is 1. The predicted molar refractivity (Wildman–Crippen MR) is 106 cm³/mol. The molecule has 0 aliphatic rings. The van der Waals surface area contributed by atoms with Gasteiger partial charge >= 0.3 is 0 Å². The largest absolute Gasteiger partial charge is 0.459 e. The molecular weight excluding hydrogens is 378 g/mol. The zero-order chi connectivity index (χ0) is 19.5. The predicted octanol–water partition coefficient (Wildman–Crippen LogP) is 4.95. The fourth-order valence-electron chi connectivity index (χ4n) is 2.89. The number of carbonyl (C=O) groups excluding carboxylic acids is 1. The average Bonchev–Trinajstić information content (AvgIpc) is 3.34. The highest BCUT2D eigenvalue weighted by Crippen LogP contribution is 2.24. The zero-order valence-electron chi connectivity index (χ0n) is 15.2. The fourth-order valence-corrected chi connectivity index (χ4v) is 3.02. The molecule has 2 heterocycles. The summed E-state index contributed by atoms with van der Waals surface area (Å²) in [6.45, 7) is 1.89. The van der Waals surface area contributed by atoms with Crippen molar-refractivity contribution >= 4 is 28.5 Å². The van der Waals surface area contributed by atoms with Crippen molar-refractivity contribution in [2.75, 3.05) is 0 Å². The van der Waals surface area contributed by atoms with E-state index in [1.807, 2.05) is 49.4 Å². The van der Waals surface area contributed by atoms with Crippen molar-refractivity contribution in [2.45, 2.75) is 25.8 Å². The van der Waals surface area contributed by atoms with Crippen LogP contribution < -0.4 is 5.32 Å². The quantitative estimate of drug-likeness (QED) is 0.499. The molecule has 6 nitrogen and oxygen atoms in total. The van der Waals surface area contributed by atoms with Crippen LogP contribution in [-0.2, 0) is 11.2 Å². The van der Waals surface area contributed by atoms with Gasteiger partial charge in [-0.25, -0.2) is 0 Å². The van der Waals surface area contributed by atoms with E-state index >= 15 is 0 Å². The lowest BCUT2D eigenvalue weighted by atomic mass is 10.2. The summed E-state index contributed by atoms with van der Waals surface area (Å²) in [5.74, 6) is 1.50. The number of benzene rings is 2. The summed E-state index contributed by atoms with van der Waals surface area (Å²) in [7, 11) is 0. The number of nitrogens with one attached hydrogen (secondary N) is 1. The van der Waals surface area contributed by atoms with Crippen molar-refractivity contribution in [3.05, 3.63) is 71.3 Å². The van der Waals surface area contributed by atoms with Crippen LogP contribution in [0.1, 0.15) is 31.0 Å². The van der Waals surface area contributed by atoms with E-state index in [-0.39, 0.29) is 18.4 Å². The Morgan fingerprint density at radius 1 is 1.18 bits per heavy atom. The minimum absolute atomic E-state index is 0.112. The van der Waals surface area contributed by atoms with Gasteiger partial charge in [-0.1, -0.05) is 35.0 Å². The van der Waals surface area contributed by atoms with Crippen LogP contribution in [0.25, 0.3) is 22.4 Å². The average molecular weight is 396 g/mol. The fraction of sp³-hybridized carbons (Fsp3) is 0.190. The van der Waals surface area contributed by atoms with Crippen LogP contribution in [0.4, 0.5) is 0 Å². The first-order chi connectivity index (χ1) is 13.6. The number of hydrogen-bond acceptors (Lipinski definition) is 5. The minimum atomic E-state index is -0.229. The van der Waals surface area contributed by atoms with E-state index in [2.05, 4.69) is 15.5 Å². The Bertz CT molecular complexity index is 1070. The first-order valence-electron chi connectivity index (χ1n) is 8.95. The molecule has 1 atom stereocenters. The van der Waals surface area contributed by atoms with Crippen molar-refractivity contribution in [2.24, 2.45) is 0 Å². The number of aryl methyl sites for hydroxylation is 1. The van der Waals surface area contributed by atoms with Gasteiger partial charge in [0.2, 0.25) is 17.6 Å².